The molecule has 0 saturated carbocycles. The van der Waals surface area contributed by atoms with Gasteiger partial charge < -0.3 is 54.0 Å². The number of fused-ring (bicyclic) bond motifs is 1. The second-order valence-electron chi connectivity index (χ2n) is 8.51. The third kappa shape index (κ3) is 4.69. The van der Waals surface area contributed by atoms with Crippen LogP contribution in [0, 0.1) is 6.92 Å². The van der Waals surface area contributed by atoms with Crippen molar-refractivity contribution >= 4 is 11.0 Å². The Morgan fingerprint density at radius 3 is 2.35 bits per heavy atom. The normalized spacial score (nSPS) is 38.7. The molecule has 12 heteroatoms. The second-order valence-corrected chi connectivity index (χ2v) is 8.51. The largest absolute Gasteiger partial charge is 0.462 e. The van der Waals surface area contributed by atoms with E-state index < -0.39 is 73.6 Å². The van der Waals surface area contributed by atoms with Crippen LogP contribution in [-0.4, -0.2) is 98.7 Å². The molecule has 4 rings (SSSR count). The molecule has 0 amide bonds. The lowest BCUT2D eigenvalue weighted by atomic mass is 9.97. The fourth-order valence-electron chi connectivity index (χ4n) is 4.10. The van der Waals surface area contributed by atoms with Gasteiger partial charge in [-0.1, -0.05) is 0 Å². The van der Waals surface area contributed by atoms with Crippen LogP contribution in [0.4, 0.5) is 0 Å². The van der Waals surface area contributed by atoms with Crippen molar-refractivity contribution in [3.05, 3.63) is 40.2 Å². The summed E-state index contributed by atoms with van der Waals surface area (Å²) in [5.41, 5.74) is 0.413. The summed E-state index contributed by atoms with van der Waals surface area (Å²) in [7, 11) is 0. The zero-order valence-electron chi connectivity index (χ0n) is 18.4. The van der Waals surface area contributed by atoms with Crippen molar-refractivity contribution < 1.29 is 54.0 Å². The first-order chi connectivity index (χ1) is 16.1. The van der Waals surface area contributed by atoms with Crippen LogP contribution in [0.1, 0.15) is 12.5 Å². The van der Waals surface area contributed by atoms with Gasteiger partial charge in [0, 0.05) is 17.5 Å². The molecule has 0 aliphatic carbocycles. The number of benzene rings is 1. The van der Waals surface area contributed by atoms with Crippen LogP contribution in [0.5, 0.6) is 5.75 Å². The third-order valence-electron chi connectivity index (χ3n) is 6.10. The quantitative estimate of drug-likeness (QED) is 0.260. The van der Waals surface area contributed by atoms with Gasteiger partial charge in [0.05, 0.1) is 12.7 Å². The summed E-state index contributed by atoms with van der Waals surface area (Å²) < 4.78 is 27.4. The molecule has 2 saturated heterocycles. The smallest absolute Gasteiger partial charge is 0.336 e. The molecule has 10 atom stereocenters. The number of hydrogen-bond acceptors (Lipinski definition) is 12. The lowest BCUT2D eigenvalue weighted by Crippen LogP contribution is -2.64. The number of rotatable bonds is 5. The lowest BCUT2D eigenvalue weighted by molar-refractivity contribution is -0.349. The van der Waals surface area contributed by atoms with E-state index in [1.165, 1.54) is 19.1 Å². The first-order valence-electron chi connectivity index (χ1n) is 10.8. The fourth-order valence-corrected chi connectivity index (χ4v) is 4.10. The highest BCUT2D eigenvalue weighted by Gasteiger charge is 2.50. The number of hydrogen-bond donors (Lipinski definition) is 6. The van der Waals surface area contributed by atoms with E-state index in [0.29, 0.717) is 10.9 Å². The van der Waals surface area contributed by atoms with Gasteiger partial charge in [0.25, 0.3) is 0 Å². The molecule has 0 spiro atoms. The van der Waals surface area contributed by atoms with Crippen LogP contribution < -0.4 is 10.4 Å². The van der Waals surface area contributed by atoms with Crippen molar-refractivity contribution in [2.24, 2.45) is 0 Å². The predicted octanol–water partition coefficient (Wildman–Crippen LogP) is -1.87. The Hall–Kier alpha value is -2.13. The van der Waals surface area contributed by atoms with E-state index in [9.17, 15) is 35.4 Å². The van der Waals surface area contributed by atoms with Crippen molar-refractivity contribution in [3.8, 4) is 5.75 Å². The molecule has 0 radical (unpaired) electrons. The highest BCUT2D eigenvalue weighted by atomic mass is 16.7. The van der Waals surface area contributed by atoms with E-state index in [0.717, 1.165) is 0 Å². The third-order valence-corrected chi connectivity index (χ3v) is 6.10. The molecule has 2 aliphatic heterocycles. The highest BCUT2D eigenvalue weighted by molar-refractivity contribution is 5.81. The zero-order valence-corrected chi connectivity index (χ0v) is 18.4. The molecule has 6 N–H and O–H groups in total. The molecule has 1 aromatic carbocycles. The molecule has 4 unspecified atom stereocenters. The van der Waals surface area contributed by atoms with Crippen molar-refractivity contribution in [3.63, 3.8) is 0 Å². The predicted molar refractivity (Wildman–Crippen MR) is 113 cm³/mol. The van der Waals surface area contributed by atoms with E-state index in [1.54, 1.807) is 19.1 Å². The molecule has 2 aliphatic rings. The number of ether oxygens (including phenoxy) is 4. The monoisotopic (exact) mass is 484 g/mol. The minimum atomic E-state index is -1.67. The Labute approximate surface area is 193 Å². The first-order valence-corrected chi connectivity index (χ1v) is 10.8. The summed E-state index contributed by atoms with van der Waals surface area (Å²) in [6.07, 6.45) is -14.3. The Kier molecular flexibility index (Phi) is 7.24. The molecule has 34 heavy (non-hydrogen) atoms. The molecule has 0 bridgehead atoms. The van der Waals surface area contributed by atoms with Crippen LogP contribution in [0.2, 0.25) is 0 Å². The van der Waals surface area contributed by atoms with Gasteiger partial charge in [0.15, 0.2) is 6.29 Å². The number of aliphatic hydroxyl groups is 6. The Balaban J connectivity index is 1.56. The molecule has 2 aromatic rings. The lowest BCUT2D eigenvalue weighted by Gasteiger charge is -2.45. The van der Waals surface area contributed by atoms with Gasteiger partial charge in [-0.05, 0) is 31.5 Å². The average Bonchev–Trinajstić information content (AvgIpc) is 2.79. The van der Waals surface area contributed by atoms with Crippen molar-refractivity contribution in [2.75, 3.05) is 6.61 Å². The van der Waals surface area contributed by atoms with E-state index in [2.05, 4.69) is 0 Å². The molecule has 12 nitrogen and oxygen atoms in total. The molecule has 1 aromatic heterocycles. The fraction of sp³-hybridized carbons (Fsp3) is 0.591. The Morgan fingerprint density at radius 2 is 1.65 bits per heavy atom. The number of aryl methyl sites for hydroxylation is 1. The highest BCUT2D eigenvalue weighted by Crippen LogP contribution is 2.31. The minimum Gasteiger partial charge on any atom is -0.462 e. The summed E-state index contributed by atoms with van der Waals surface area (Å²) in [5.74, 6) is 0.165. The molecule has 188 valence electrons. The van der Waals surface area contributed by atoms with Crippen LogP contribution in [0.25, 0.3) is 11.0 Å². The summed E-state index contributed by atoms with van der Waals surface area (Å²) in [6, 6.07) is 6.01. The molecule has 2 fully saturated rings. The average molecular weight is 484 g/mol. The van der Waals surface area contributed by atoms with Crippen LogP contribution in [0.3, 0.4) is 0 Å². The van der Waals surface area contributed by atoms with Crippen LogP contribution in [0.15, 0.2) is 33.5 Å². The van der Waals surface area contributed by atoms with Crippen LogP contribution in [-0.2, 0) is 14.2 Å². The minimum absolute atomic E-state index is 0.165. The van der Waals surface area contributed by atoms with E-state index in [-0.39, 0.29) is 11.3 Å². The summed E-state index contributed by atoms with van der Waals surface area (Å²) in [6.45, 7) is 2.56. The maximum absolute atomic E-state index is 11.7. The van der Waals surface area contributed by atoms with E-state index >= 15 is 0 Å². The Morgan fingerprint density at radius 1 is 0.912 bits per heavy atom. The zero-order chi connectivity index (χ0) is 24.7. The standard InChI is InChI=1S/C22H28O12/c1-8-5-14(24)32-12-6-10(3-4-11(8)12)31-22-19(29)20(16(26)13(7-23)33-22)34-21-18(28)17(27)15(25)9(2)30-21/h3-6,9,13,15-23,25-29H,7H2,1-2H3/t9?,13?,15-,16+,17+,18?,19?,20+,21+,22-/m1/s1. The van der Waals surface area contributed by atoms with Gasteiger partial charge in [-0.25, -0.2) is 4.79 Å². The topological polar surface area (TPSA) is 189 Å². The van der Waals surface area contributed by atoms with Crippen molar-refractivity contribution in [1.29, 1.82) is 0 Å². The summed E-state index contributed by atoms with van der Waals surface area (Å²) in [5, 5.41) is 61.8. The second kappa shape index (κ2) is 9.85. The van der Waals surface area contributed by atoms with Gasteiger partial charge in [-0.3, -0.25) is 0 Å². The van der Waals surface area contributed by atoms with E-state index in [1.807, 2.05) is 0 Å². The molecule has 3 heterocycles. The van der Waals surface area contributed by atoms with Gasteiger partial charge in [-0.2, -0.15) is 0 Å². The first kappa shape index (κ1) is 25.0. The molecular weight excluding hydrogens is 456 g/mol. The van der Waals surface area contributed by atoms with Crippen LogP contribution >= 0.6 is 0 Å². The van der Waals surface area contributed by atoms with Gasteiger partial charge in [-0.15, -0.1) is 0 Å². The maximum atomic E-state index is 11.7. The van der Waals surface area contributed by atoms with Crippen molar-refractivity contribution in [2.45, 2.75) is 75.3 Å². The van der Waals surface area contributed by atoms with Crippen molar-refractivity contribution in [1.82, 2.24) is 0 Å². The van der Waals surface area contributed by atoms with E-state index in [4.69, 9.17) is 23.4 Å². The van der Waals surface area contributed by atoms with Gasteiger partial charge in [0.1, 0.15) is 54.1 Å². The SMILES string of the molecule is Cc1cc(=O)oc2cc(O[C@@H]3OC(CO)[C@H](O)[C@H](O[C@@H]4OC(C)[C@@H](O)[C@H](O)C4O)C3O)ccc12. The summed E-state index contributed by atoms with van der Waals surface area (Å²) in [4.78, 5) is 11.7. The Bertz CT molecular complexity index is 1060. The van der Waals surface area contributed by atoms with Gasteiger partial charge >= 0.3 is 5.63 Å². The maximum Gasteiger partial charge on any atom is 0.336 e. The molecular formula is C22H28O12. The number of aliphatic hydroxyl groups excluding tert-OH is 6. The van der Waals surface area contributed by atoms with Gasteiger partial charge in [0.2, 0.25) is 6.29 Å². The summed E-state index contributed by atoms with van der Waals surface area (Å²) >= 11 is 0.